The summed E-state index contributed by atoms with van der Waals surface area (Å²) in [6, 6.07) is 8.70. The molecule has 1 aliphatic heterocycles. The van der Waals surface area contributed by atoms with E-state index in [0.29, 0.717) is 5.02 Å². The molecule has 0 atom stereocenters. The number of rotatable bonds is 2. The minimum atomic E-state index is -0.181. The number of piperidine rings is 1. The molecule has 1 saturated heterocycles. The lowest BCUT2D eigenvalue weighted by molar-refractivity contribution is -0.122. The van der Waals surface area contributed by atoms with E-state index in [1.165, 1.54) is 0 Å². The second-order valence-corrected chi connectivity index (χ2v) is 4.49. The number of benzene rings is 1. The second kappa shape index (κ2) is 4.74. The first-order valence-corrected chi connectivity index (χ1v) is 5.76. The van der Waals surface area contributed by atoms with Gasteiger partial charge in [-0.1, -0.05) is 11.6 Å². The molecule has 4 heteroatoms. The van der Waals surface area contributed by atoms with Crippen molar-refractivity contribution < 1.29 is 4.79 Å². The highest BCUT2D eigenvalue weighted by Crippen LogP contribution is 2.23. The van der Waals surface area contributed by atoms with Crippen LogP contribution in [0.5, 0.6) is 0 Å². The molecule has 2 rings (SSSR count). The first-order chi connectivity index (χ1) is 7.66. The number of halogens is 1. The monoisotopic (exact) mass is 237 g/mol. The quantitative estimate of drug-likeness (QED) is 0.853. The number of carbonyl (C=O) groups is 1. The summed E-state index contributed by atoms with van der Waals surface area (Å²) in [7, 11) is 0. The molecule has 16 heavy (non-hydrogen) atoms. The smallest absolute Gasteiger partial charge is 0.220 e. The lowest BCUT2D eigenvalue weighted by Crippen LogP contribution is -2.38. The third-order valence-corrected chi connectivity index (χ3v) is 3.23. The predicted molar refractivity (Wildman–Crippen MR) is 64.4 cm³/mol. The van der Waals surface area contributed by atoms with Gasteiger partial charge in [0.25, 0.3) is 0 Å². The van der Waals surface area contributed by atoms with Gasteiger partial charge in [0.1, 0.15) is 0 Å². The van der Waals surface area contributed by atoms with Crippen LogP contribution >= 0.6 is 11.6 Å². The Labute approximate surface area is 100 Å². The standard InChI is InChI=1S/C12H14ClN2O/c13-10-1-3-11(4-2-10)15-7-5-9(6-8-15)12(14)16/h1-3,9H,5-8H2,(H2,14,16). The van der Waals surface area contributed by atoms with E-state index in [-0.39, 0.29) is 11.8 Å². The first-order valence-electron chi connectivity index (χ1n) is 5.38. The summed E-state index contributed by atoms with van der Waals surface area (Å²) < 4.78 is 0. The Morgan fingerprint density at radius 3 is 2.62 bits per heavy atom. The summed E-state index contributed by atoms with van der Waals surface area (Å²) in [5, 5.41) is 0.691. The van der Waals surface area contributed by atoms with E-state index >= 15 is 0 Å². The summed E-state index contributed by atoms with van der Waals surface area (Å²) in [6.45, 7) is 1.71. The van der Waals surface area contributed by atoms with Crippen LogP contribution in [0.3, 0.4) is 0 Å². The maximum absolute atomic E-state index is 11.0. The molecule has 0 unspecified atom stereocenters. The van der Waals surface area contributed by atoms with Crippen LogP contribution in [0.2, 0.25) is 5.02 Å². The Hall–Kier alpha value is -1.22. The van der Waals surface area contributed by atoms with Crippen molar-refractivity contribution in [2.24, 2.45) is 11.7 Å². The average molecular weight is 238 g/mol. The van der Waals surface area contributed by atoms with Crippen molar-refractivity contribution in [3.63, 3.8) is 0 Å². The zero-order chi connectivity index (χ0) is 11.5. The lowest BCUT2D eigenvalue weighted by atomic mass is 9.96. The van der Waals surface area contributed by atoms with Crippen molar-refractivity contribution in [1.82, 2.24) is 0 Å². The van der Waals surface area contributed by atoms with Gasteiger partial charge in [-0.05, 0) is 31.0 Å². The van der Waals surface area contributed by atoms with E-state index in [4.69, 9.17) is 17.3 Å². The minimum Gasteiger partial charge on any atom is -0.371 e. The number of carbonyl (C=O) groups excluding carboxylic acids is 1. The van der Waals surface area contributed by atoms with Crippen molar-refractivity contribution in [3.8, 4) is 0 Å². The van der Waals surface area contributed by atoms with Crippen LogP contribution in [0.1, 0.15) is 12.8 Å². The zero-order valence-corrected chi connectivity index (χ0v) is 9.70. The van der Waals surface area contributed by atoms with Gasteiger partial charge in [-0.2, -0.15) is 0 Å². The van der Waals surface area contributed by atoms with Gasteiger partial charge in [0.2, 0.25) is 5.91 Å². The summed E-state index contributed by atoms with van der Waals surface area (Å²) in [6.07, 6.45) is 1.65. The third kappa shape index (κ3) is 2.47. The number of anilines is 1. The van der Waals surface area contributed by atoms with E-state index in [9.17, 15) is 4.79 Å². The molecule has 1 radical (unpaired) electrons. The van der Waals surface area contributed by atoms with Crippen LogP contribution in [0, 0.1) is 12.0 Å². The molecule has 1 fully saturated rings. The van der Waals surface area contributed by atoms with Gasteiger partial charge < -0.3 is 10.6 Å². The number of amides is 1. The Kier molecular flexibility index (Phi) is 3.34. The molecule has 0 aromatic heterocycles. The van der Waals surface area contributed by atoms with Gasteiger partial charge in [0, 0.05) is 35.8 Å². The first kappa shape index (κ1) is 11.3. The Balaban J connectivity index is 1.99. The molecule has 1 heterocycles. The predicted octanol–water partition coefficient (Wildman–Crippen LogP) is 1.84. The largest absolute Gasteiger partial charge is 0.371 e. The van der Waals surface area contributed by atoms with E-state index in [1.807, 2.05) is 12.1 Å². The molecule has 0 saturated carbocycles. The van der Waals surface area contributed by atoms with Gasteiger partial charge in [0.15, 0.2) is 0 Å². The summed E-state index contributed by atoms with van der Waals surface area (Å²) in [5.74, 6) is -0.150. The summed E-state index contributed by atoms with van der Waals surface area (Å²) >= 11 is 5.80. The van der Waals surface area contributed by atoms with E-state index < -0.39 is 0 Å². The molecule has 1 aliphatic rings. The van der Waals surface area contributed by atoms with Gasteiger partial charge in [-0.3, -0.25) is 4.79 Å². The molecule has 1 aromatic carbocycles. The van der Waals surface area contributed by atoms with Crippen LogP contribution in [-0.4, -0.2) is 19.0 Å². The SMILES string of the molecule is NC(=O)C1CCN(c2[c]cc(Cl)cc2)CC1. The summed E-state index contributed by atoms with van der Waals surface area (Å²) in [5.41, 5.74) is 6.32. The molecule has 85 valence electrons. The molecule has 2 N–H and O–H groups in total. The van der Waals surface area contributed by atoms with E-state index in [0.717, 1.165) is 31.6 Å². The molecule has 3 nitrogen and oxygen atoms in total. The zero-order valence-electron chi connectivity index (χ0n) is 8.95. The number of nitrogens with zero attached hydrogens (tertiary/aromatic N) is 1. The number of hydrogen-bond donors (Lipinski definition) is 1. The minimum absolute atomic E-state index is 0.0311. The Bertz CT molecular complexity index is 369. The van der Waals surface area contributed by atoms with Crippen LogP contribution in [0.25, 0.3) is 0 Å². The van der Waals surface area contributed by atoms with Crippen molar-refractivity contribution in [2.75, 3.05) is 18.0 Å². The van der Waals surface area contributed by atoms with Gasteiger partial charge in [0.05, 0.1) is 0 Å². The Morgan fingerprint density at radius 2 is 2.12 bits per heavy atom. The van der Waals surface area contributed by atoms with Gasteiger partial charge in [-0.15, -0.1) is 0 Å². The average Bonchev–Trinajstić information content (AvgIpc) is 2.30. The maximum atomic E-state index is 11.0. The van der Waals surface area contributed by atoms with Crippen LogP contribution in [0.15, 0.2) is 18.2 Å². The van der Waals surface area contributed by atoms with Crippen LogP contribution in [-0.2, 0) is 4.79 Å². The molecule has 1 amide bonds. The fourth-order valence-corrected chi connectivity index (χ4v) is 2.12. The normalized spacial score (nSPS) is 17.4. The fourth-order valence-electron chi connectivity index (χ4n) is 2.00. The van der Waals surface area contributed by atoms with Gasteiger partial charge in [-0.25, -0.2) is 0 Å². The van der Waals surface area contributed by atoms with Crippen molar-refractivity contribution >= 4 is 23.2 Å². The van der Waals surface area contributed by atoms with E-state index in [1.54, 1.807) is 6.07 Å². The number of hydrogen-bond acceptors (Lipinski definition) is 2. The molecule has 0 bridgehead atoms. The molecular formula is C12H14ClN2O. The molecular weight excluding hydrogens is 224 g/mol. The van der Waals surface area contributed by atoms with E-state index in [2.05, 4.69) is 11.0 Å². The fraction of sp³-hybridized carbons (Fsp3) is 0.417. The van der Waals surface area contributed by atoms with Crippen LogP contribution in [0.4, 0.5) is 5.69 Å². The molecule has 1 aromatic rings. The topological polar surface area (TPSA) is 46.3 Å². The molecule has 0 spiro atoms. The van der Waals surface area contributed by atoms with Crippen LogP contribution < -0.4 is 10.6 Å². The van der Waals surface area contributed by atoms with Crippen molar-refractivity contribution in [1.29, 1.82) is 0 Å². The third-order valence-electron chi connectivity index (χ3n) is 3.00. The molecule has 0 aliphatic carbocycles. The van der Waals surface area contributed by atoms with Gasteiger partial charge >= 0.3 is 0 Å². The van der Waals surface area contributed by atoms with Crippen molar-refractivity contribution in [2.45, 2.75) is 12.8 Å². The maximum Gasteiger partial charge on any atom is 0.220 e. The number of nitrogens with two attached hydrogens (primary N) is 1. The Morgan fingerprint density at radius 1 is 1.44 bits per heavy atom. The highest BCUT2D eigenvalue weighted by molar-refractivity contribution is 6.30. The second-order valence-electron chi connectivity index (χ2n) is 4.06. The number of primary amides is 1. The summed E-state index contributed by atoms with van der Waals surface area (Å²) in [4.78, 5) is 13.2. The highest BCUT2D eigenvalue weighted by Gasteiger charge is 2.23. The lowest BCUT2D eigenvalue weighted by Gasteiger charge is -2.32. The van der Waals surface area contributed by atoms with Crippen molar-refractivity contribution in [3.05, 3.63) is 29.3 Å². The highest BCUT2D eigenvalue weighted by atomic mass is 35.5.